The lowest BCUT2D eigenvalue weighted by molar-refractivity contribution is -0.113. The topological polar surface area (TPSA) is 44.9 Å². The Bertz CT molecular complexity index is 828. The van der Waals surface area contributed by atoms with Crippen LogP contribution < -0.4 is 5.32 Å². The molecule has 0 aliphatic carbocycles. The molecular weight excluding hydrogens is 316 g/mol. The predicted octanol–water partition coefficient (Wildman–Crippen LogP) is 4.86. The van der Waals surface area contributed by atoms with E-state index in [-0.39, 0.29) is 5.91 Å². The molecule has 22 heavy (non-hydrogen) atoms. The zero-order valence-electron chi connectivity index (χ0n) is 12.0. The lowest BCUT2D eigenvalue weighted by Crippen LogP contribution is -2.13. The first-order valence-electron chi connectivity index (χ1n) is 6.88. The van der Waals surface area contributed by atoms with Crippen LogP contribution in [0.4, 0.5) is 5.69 Å². The molecule has 0 unspecified atom stereocenters. The fraction of sp³-hybridized carbons (Fsp3) is 0.118. The first kappa shape index (κ1) is 15.0. The Morgan fingerprint density at radius 1 is 1.27 bits per heavy atom. The van der Waals surface area contributed by atoms with Gasteiger partial charge in [0.1, 0.15) is 0 Å². The molecule has 1 aromatic heterocycles. The normalized spacial score (nSPS) is 10.8. The molecule has 0 aliphatic rings. The molecule has 0 bridgehead atoms. The van der Waals surface area contributed by atoms with Gasteiger partial charge in [-0.05, 0) is 30.7 Å². The number of benzene rings is 2. The van der Waals surface area contributed by atoms with Crippen LogP contribution in [-0.4, -0.2) is 16.6 Å². The second-order valence-electron chi connectivity index (χ2n) is 5.00. The molecule has 1 amide bonds. The van der Waals surface area contributed by atoms with Gasteiger partial charge < -0.3 is 10.3 Å². The lowest BCUT2D eigenvalue weighted by atomic mass is 10.2. The van der Waals surface area contributed by atoms with Crippen molar-refractivity contribution in [3.05, 3.63) is 59.2 Å². The van der Waals surface area contributed by atoms with Crippen LogP contribution in [0.15, 0.2) is 53.6 Å². The number of anilines is 1. The highest BCUT2D eigenvalue weighted by molar-refractivity contribution is 8.00. The standard InChI is InChI=1S/C17H15ClN2OS/c1-11-6-7-12(8-14(11)18)20-17(21)10-22-16-9-19-15-5-3-2-4-13(15)16/h2-9,19H,10H2,1H3,(H,20,21). The van der Waals surface area contributed by atoms with Crippen molar-refractivity contribution in [2.75, 3.05) is 11.1 Å². The summed E-state index contributed by atoms with van der Waals surface area (Å²) in [5.74, 6) is 0.308. The summed E-state index contributed by atoms with van der Waals surface area (Å²) in [7, 11) is 0. The predicted molar refractivity (Wildman–Crippen MR) is 93.8 cm³/mol. The van der Waals surface area contributed by atoms with Crippen LogP contribution >= 0.6 is 23.4 Å². The summed E-state index contributed by atoms with van der Waals surface area (Å²) in [4.78, 5) is 16.3. The van der Waals surface area contributed by atoms with Gasteiger partial charge in [-0.2, -0.15) is 0 Å². The van der Waals surface area contributed by atoms with E-state index in [0.29, 0.717) is 10.8 Å². The SMILES string of the molecule is Cc1ccc(NC(=O)CSc2c[nH]c3ccccc23)cc1Cl. The molecule has 0 spiro atoms. The van der Waals surface area contributed by atoms with Crippen LogP contribution in [0.3, 0.4) is 0 Å². The van der Waals surface area contributed by atoms with E-state index in [1.807, 2.05) is 49.5 Å². The van der Waals surface area contributed by atoms with E-state index >= 15 is 0 Å². The minimum absolute atomic E-state index is 0.0461. The minimum Gasteiger partial charge on any atom is -0.360 e. The number of aromatic amines is 1. The molecule has 2 N–H and O–H groups in total. The van der Waals surface area contributed by atoms with Crippen molar-refractivity contribution in [2.45, 2.75) is 11.8 Å². The highest BCUT2D eigenvalue weighted by Crippen LogP contribution is 2.27. The number of H-pyrrole nitrogens is 1. The molecule has 5 heteroatoms. The number of aryl methyl sites for hydroxylation is 1. The molecule has 3 rings (SSSR count). The highest BCUT2D eigenvalue weighted by atomic mass is 35.5. The monoisotopic (exact) mass is 330 g/mol. The number of aromatic nitrogens is 1. The molecule has 0 radical (unpaired) electrons. The van der Waals surface area contributed by atoms with Gasteiger partial charge in [-0.3, -0.25) is 4.79 Å². The number of thioether (sulfide) groups is 1. The quantitative estimate of drug-likeness (QED) is 0.671. The second kappa shape index (κ2) is 6.46. The Morgan fingerprint density at radius 3 is 2.91 bits per heavy atom. The summed E-state index contributed by atoms with van der Waals surface area (Å²) < 4.78 is 0. The first-order valence-corrected chi connectivity index (χ1v) is 8.25. The number of fused-ring (bicyclic) bond motifs is 1. The number of halogens is 1. The van der Waals surface area contributed by atoms with Gasteiger partial charge in [-0.15, -0.1) is 11.8 Å². The van der Waals surface area contributed by atoms with Gasteiger partial charge in [0, 0.05) is 32.7 Å². The van der Waals surface area contributed by atoms with E-state index < -0.39 is 0 Å². The van der Waals surface area contributed by atoms with Crippen molar-refractivity contribution in [2.24, 2.45) is 0 Å². The van der Waals surface area contributed by atoms with Gasteiger partial charge in [0.2, 0.25) is 5.91 Å². The second-order valence-corrected chi connectivity index (χ2v) is 6.42. The van der Waals surface area contributed by atoms with Crippen molar-refractivity contribution in [3.63, 3.8) is 0 Å². The van der Waals surface area contributed by atoms with Crippen LogP contribution in [0.2, 0.25) is 5.02 Å². The van der Waals surface area contributed by atoms with Crippen LogP contribution in [0, 0.1) is 6.92 Å². The minimum atomic E-state index is -0.0461. The molecule has 0 fully saturated rings. The maximum absolute atomic E-state index is 12.1. The molecule has 1 heterocycles. The van der Waals surface area contributed by atoms with Crippen LogP contribution in [0.5, 0.6) is 0 Å². The summed E-state index contributed by atoms with van der Waals surface area (Å²) in [6, 6.07) is 13.6. The van der Waals surface area contributed by atoms with Gasteiger partial charge in [0.25, 0.3) is 0 Å². The summed E-state index contributed by atoms with van der Waals surface area (Å²) in [5.41, 5.74) is 2.80. The first-order chi connectivity index (χ1) is 10.6. The number of nitrogens with one attached hydrogen (secondary N) is 2. The summed E-state index contributed by atoms with van der Waals surface area (Å²) in [5, 5.41) is 4.66. The van der Waals surface area contributed by atoms with E-state index in [2.05, 4.69) is 10.3 Å². The number of carbonyl (C=O) groups is 1. The largest absolute Gasteiger partial charge is 0.360 e. The zero-order valence-corrected chi connectivity index (χ0v) is 13.6. The van der Waals surface area contributed by atoms with Crippen molar-refractivity contribution < 1.29 is 4.79 Å². The third-order valence-electron chi connectivity index (χ3n) is 3.37. The molecule has 2 aromatic carbocycles. The van der Waals surface area contributed by atoms with Gasteiger partial charge in [-0.25, -0.2) is 0 Å². The molecule has 3 nitrogen and oxygen atoms in total. The van der Waals surface area contributed by atoms with Crippen LogP contribution in [-0.2, 0) is 4.79 Å². The number of rotatable bonds is 4. The van der Waals surface area contributed by atoms with Gasteiger partial charge in [0.05, 0.1) is 5.75 Å². The third kappa shape index (κ3) is 3.29. The van der Waals surface area contributed by atoms with E-state index in [1.165, 1.54) is 11.8 Å². The smallest absolute Gasteiger partial charge is 0.234 e. The van der Waals surface area contributed by atoms with Gasteiger partial charge in [0.15, 0.2) is 0 Å². The molecule has 0 aliphatic heterocycles. The van der Waals surface area contributed by atoms with E-state index in [9.17, 15) is 4.79 Å². The van der Waals surface area contributed by atoms with Crippen molar-refractivity contribution in [3.8, 4) is 0 Å². The third-order valence-corrected chi connectivity index (χ3v) is 4.83. The fourth-order valence-corrected chi connectivity index (χ4v) is 3.19. The number of carbonyl (C=O) groups excluding carboxylic acids is 1. The van der Waals surface area contributed by atoms with Gasteiger partial charge >= 0.3 is 0 Å². The summed E-state index contributed by atoms with van der Waals surface area (Å²) in [6.07, 6.45) is 1.94. The Kier molecular flexibility index (Phi) is 4.41. The molecule has 0 saturated heterocycles. The molecule has 0 saturated carbocycles. The number of hydrogen-bond donors (Lipinski definition) is 2. The molecule has 3 aromatic rings. The Balaban J connectivity index is 1.63. The maximum atomic E-state index is 12.1. The van der Waals surface area contributed by atoms with Crippen LogP contribution in [0.1, 0.15) is 5.56 Å². The van der Waals surface area contributed by atoms with Gasteiger partial charge in [-0.1, -0.05) is 35.9 Å². The summed E-state index contributed by atoms with van der Waals surface area (Å²) in [6.45, 7) is 1.93. The molecule has 112 valence electrons. The fourth-order valence-electron chi connectivity index (χ4n) is 2.18. The Morgan fingerprint density at radius 2 is 2.09 bits per heavy atom. The number of hydrogen-bond acceptors (Lipinski definition) is 2. The average Bonchev–Trinajstić information content (AvgIpc) is 2.92. The van der Waals surface area contributed by atoms with Crippen molar-refractivity contribution in [1.29, 1.82) is 0 Å². The number of amides is 1. The van der Waals surface area contributed by atoms with E-state index in [0.717, 1.165) is 27.0 Å². The zero-order chi connectivity index (χ0) is 15.5. The molecule has 0 atom stereocenters. The van der Waals surface area contributed by atoms with Crippen molar-refractivity contribution in [1.82, 2.24) is 4.98 Å². The van der Waals surface area contributed by atoms with E-state index in [1.54, 1.807) is 6.07 Å². The maximum Gasteiger partial charge on any atom is 0.234 e. The Labute approximate surface area is 138 Å². The van der Waals surface area contributed by atoms with Crippen LogP contribution in [0.25, 0.3) is 10.9 Å². The molecular formula is C17H15ClN2OS. The van der Waals surface area contributed by atoms with Crippen molar-refractivity contribution >= 4 is 45.9 Å². The Hall–Kier alpha value is -1.91. The summed E-state index contributed by atoms with van der Waals surface area (Å²) >= 11 is 7.58. The highest BCUT2D eigenvalue weighted by Gasteiger charge is 2.08. The average molecular weight is 331 g/mol. The lowest BCUT2D eigenvalue weighted by Gasteiger charge is -2.06. The van der Waals surface area contributed by atoms with E-state index in [4.69, 9.17) is 11.6 Å². The number of para-hydroxylation sites is 1.